The van der Waals surface area contributed by atoms with Crippen LogP contribution in [0.1, 0.15) is 56.0 Å². The molecule has 3 amide bonds. The number of rotatable bonds is 8. The summed E-state index contributed by atoms with van der Waals surface area (Å²) in [5.74, 6) is -0.663. The molecule has 13 nitrogen and oxygen atoms in total. The van der Waals surface area contributed by atoms with E-state index in [0.29, 0.717) is 19.4 Å². The van der Waals surface area contributed by atoms with Crippen molar-refractivity contribution in [3.63, 3.8) is 0 Å². The quantitative estimate of drug-likeness (QED) is 0.285. The number of aryl methyl sites for hydroxylation is 1. The molecule has 1 aromatic heterocycles. The highest BCUT2D eigenvalue weighted by Gasteiger charge is 2.33. The van der Waals surface area contributed by atoms with Crippen molar-refractivity contribution < 1.29 is 45.8 Å². The molecule has 0 saturated carbocycles. The zero-order chi connectivity index (χ0) is 37.5. The molecule has 3 aromatic rings. The van der Waals surface area contributed by atoms with Crippen LogP contribution in [0.2, 0.25) is 0 Å². The lowest BCUT2D eigenvalue weighted by Gasteiger charge is -2.35. The van der Waals surface area contributed by atoms with Gasteiger partial charge in [-0.05, 0) is 75.6 Å². The zero-order valence-corrected chi connectivity index (χ0v) is 30.0. The topological polar surface area (TPSA) is 155 Å². The molecule has 0 radical (unpaired) electrons. The third kappa shape index (κ3) is 10.4. The molecule has 0 spiro atoms. The SMILES string of the molecule is C[C@@H]1CCCCO[C@H](CN(C)S(=O)(=O)c2cn(C)cn2)[C@H](C)CN([C@@H](C)CO)C(=O)c2cc(NC(=O)Nc3ccc(C(F)(F)F)cc3)ccc2O1. The Morgan fingerprint density at radius 2 is 1.78 bits per heavy atom. The van der Waals surface area contributed by atoms with Crippen LogP contribution < -0.4 is 15.4 Å². The fourth-order valence-electron chi connectivity index (χ4n) is 5.53. The van der Waals surface area contributed by atoms with Gasteiger partial charge in [-0.15, -0.1) is 0 Å². The van der Waals surface area contributed by atoms with E-state index in [1.165, 1.54) is 39.4 Å². The van der Waals surface area contributed by atoms with Gasteiger partial charge in [0, 0.05) is 57.3 Å². The molecule has 0 fully saturated rings. The highest BCUT2D eigenvalue weighted by Crippen LogP contribution is 2.31. The number of ether oxygens (including phenoxy) is 2. The first-order chi connectivity index (χ1) is 24.0. The summed E-state index contributed by atoms with van der Waals surface area (Å²) in [6.07, 6.45) is -0.630. The van der Waals surface area contributed by atoms with Crippen molar-refractivity contribution in [3.8, 4) is 5.75 Å². The minimum Gasteiger partial charge on any atom is -0.490 e. The Balaban J connectivity index is 1.60. The highest BCUT2D eigenvalue weighted by atomic mass is 32.2. The highest BCUT2D eigenvalue weighted by molar-refractivity contribution is 7.89. The Morgan fingerprint density at radius 3 is 2.41 bits per heavy atom. The summed E-state index contributed by atoms with van der Waals surface area (Å²) < 4.78 is 80.6. The maximum atomic E-state index is 14.3. The summed E-state index contributed by atoms with van der Waals surface area (Å²) in [6.45, 7) is 5.40. The number of nitrogens with one attached hydrogen (secondary N) is 2. The van der Waals surface area contributed by atoms with Gasteiger partial charge in [0.05, 0.1) is 42.3 Å². The fourth-order valence-corrected chi connectivity index (χ4v) is 6.67. The van der Waals surface area contributed by atoms with Crippen molar-refractivity contribution >= 4 is 33.3 Å². The summed E-state index contributed by atoms with van der Waals surface area (Å²) in [5.41, 5.74) is -0.427. The number of halogens is 3. The Bertz CT molecular complexity index is 1750. The van der Waals surface area contributed by atoms with Gasteiger partial charge in [-0.25, -0.2) is 18.2 Å². The molecule has 17 heteroatoms. The van der Waals surface area contributed by atoms with E-state index in [4.69, 9.17) is 9.47 Å². The number of likely N-dealkylation sites (N-methyl/N-ethyl adjacent to an activating group) is 1. The second-order valence-electron chi connectivity index (χ2n) is 12.8. The Kier molecular flexibility index (Phi) is 13.1. The first kappa shape index (κ1) is 39.6. The standard InChI is InChI=1S/C34H45F3N6O7S/c1-22-17-43(23(2)20-44)32(45)28-16-27(40-33(46)39-26-11-9-25(10-12-26)34(35,36)37)13-14-29(28)50-24(3)8-6-7-15-49-30(22)18-42(5)51(47,48)31-19-41(4)21-38-31/h9-14,16,19,21-24,30,44H,6-8,15,17-18,20H2,1-5H3,(H2,39,40,46)/t22-,23+,24-,30-/m1/s1. The van der Waals surface area contributed by atoms with E-state index in [0.717, 1.165) is 30.7 Å². The Labute approximate surface area is 295 Å². The van der Waals surface area contributed by atoms with Crippen LogP contribution in [0.4, 0.5) is 29.3 Å². The predicted molar refractivity (Wildman–Crippen MR) is 184 cm³/mol. The van der Waals surface area contributed by atoms with E-state index in [1.807, 2.05) is 13.8 Å². The zero-order valence-electron chi connectivity index (χ0n) is 29.2. The van der Waals surface area contributed by atoms with Crippen LogP contribution in [0.3, 0.4) is 0 Å². The molecular formula is C34H45F3N6O7S. The summed E-state index contributed by atoms with van der Waals surface area (Å²) in [5, 5.41) is 15.2. The number of imidazole rings is 1. The lowest BCUT2D eigenvalue weighted by Crippen LogP contribution is -2.48. The van der Waals surface area contributed by atoms with Gasteiger partial charge in [0.25, 0.3) is 15.9 Å². The molecule has 4 atom stereocenters. The summed E-state index contributed by atoms with van der Waals surface area (Å²) in [4.78, 5) is 32.6. The third-order valence-electron chi connectivity index (χ3n) is 8.57. The van der Waals surface area contributed by atoms with Crippen LogP contribution in [0.5, 0.6) is 5.75 Å². The Hall–Kier alpha value is -4.19. The van der Waals surface area contributed by atoms with Crippen LogP contribution in [0.25, 0.3) is 0 Å². The molecule has 0 bridgehead atoms. The van der Waals surface area contributed by atoms with E-state index in [2.05, 4.69) is 15.6 Å². The minimum absolute atomic E-state index is 0.0200. The van der Waals surface area contributed by atoms with Crippen LogP contribution in [0, 0.1) is 5.92 Å². The van der Waals surface area contributed by atoms with E-state index in [-0.39, 0.29) is 53.5 Å². The van der Waals surface area contributed by atoms with Gasteiger partial charge in [0.15, 0.2) is 5.03 Å². The molecule has 1 aliphatic rings. The van der Waals surface area contributed by atoms with Crippen LogP contribution in [-0.2, 0) is 28.0 Å². The number of carbonyl (C=O) groups is 2. The fraction of sp³-hybridized carbons (Fsp3) is 0.500. The molecule has 0 unspecified atom stereocenters. The number of alkyl halides is 3. The van der Waals surface area contributed by atoms with Gasteiger partial charge in [-0.2, -0.15) is 17.5 Å². The van der Waals surface area contributed by atoms with E-state index in [1.54, 1.807) is 26.1 Å². The number of sulfonamides is 1. The first-order valence-electron chi connectivity index (χ1n) is 16.5. The molecule has 4 rings (SSSR count). The van der Waals surface area contributed by atoms with Crippen molar-refractivity contribution in [1.29, 1.82) is 0 Å². The molecule has 0 aliphatic carbocycles. The first-order valence-corrected chi connectivity index (χ1v) is 18.0. The normalized spacial score (nSPS) is 20.2. The van der Waals surface area contributed by atoms with E-state index < -0.39 is 51.8 Å². The van der Waals surface area contributed by atoms with Gasteiger partial charge < -0.3 is 34.7 Å². The van der Waals surface area contributed by atoms with E-state index in [9.17, 15) is 36.3 Å². The lowest BCUT2D eigenvalue weighted by atomic mass is 10.0. The maximum absolute atomic E-state index is 14.3. The van der Waals surface area contributed by atoms with E-state index >= 15 is 0 Å². The van der Waals surface area contributed by atoms with Crippen molar-refractivity contribution in [3.05, 3.63) is 66.1 Å². The number of hydrogen-bond acceptors (Lipinski definition) is 8. The number of aliphatic hydroxyl groups is 1. The summed E-state index contributed by atoms with van der Waals surface area (Å²) in [7, 11) is -0.820. The monoisotopic (exact) mass is 738 g/mol. The average Bonchev–Trinajstić information content (AvgIpc) is 3.52. The largest absolute Gasteiger partial charge is 0.490 e. The van der Waals surface area contributed by atoms with Crippen molar-refractivity contribution in [1.82, 2.24) is 18.8 Å². The number of aliphatic hydroxyl groups excluding tert-OH is 1. The molecule has 280 valence electrons. The number of carbonyl (C=O) groups excluding carboxylic acids is 2. The molecule has 2 heterocycles. The van der Waals surface area contributed by atoms with Gasteiger partial charge in [0.2, 0.25) is 0 Å². The smallest absolute Gasteiger partial charge is 0.416 e. The number of urea groups is 1. The average molecular weight is 739 g/mol. The molecule has 2 aromatic carbocycles. The van der Waals surface area contributed by atoms with Crippen LogP contribution in [0.15, 0.2) is 60.0 Å². The molecule has 0 saturated heterocycles. The second kappa shape index (κ2) is 16.9. The number of aromatic nitrogens is 2. The van der Waals surface area contributed by atoms with Gasteiger partial charge in [-0.3, -0.25) is 4.79 Å². The van der Waals surface area contributed by atoms with Gasteiger partial charge in [-0.1, -0.05) is 6.92 Å². The minimum atomic E-state index is -4.52. The number of hydrogen-bond donors (Lipinski definition) is 3. The number of benzene rings is 2. The molecule has 3 N–H and O–H groups in total. The predicted octanol–water partition coefficient (Wildman–Crippen LogP) is 5.20. The molecule has 51 heavy (non-hydrogen) atoms. The molecular weight excluding hydrogens is 693 g/mol. The second-order valence-corrected chi connectivity index (χ2v) is 14.8. The van der Waals surface area contributed by atoms with Crippen LogP contribution >= 0.6 is 0 Å². The summed E-state index contributed by atoms with van der Waals surface area (Å²) >= 11 is 0. The van der Waals surface area contributed by atoms with Crippen molar-refractivity contribution in [2.24, 2.45) is 13.0 Å². The number of amides is 3. The third-order valence-corrected chi connectivity index (χ3v) is 10.3. The van der Waals surface area contributed by atoms with Crippen LogP contribution in [-0.4, -0.2) is 95.8 Å². The Morgan fingerprint density at radius 1 is 1.12 bits per heavy atom. The summed E-state index contributed by atoms with van der Waals surface area (Å²) in [6, 6.07) is 7.06. The van der Waals surface area contributed by atoms with Gasteiger partial charge in [0.1, 0.15) is 5.75 Å². The van der Waals surface area contributed by atoms with Gasteiger partial charge >= 0.3 is 12.2 Å². The lowest BCUT2D eigenvalue weighted by molar-refractivity contribution is -0.137. The molecule has 1 aliphatic heterocycles. The number of nitrogens with zero attached hydrogens (tertiary/aromatic N) is 4. The number of anilines is 2. The van der Waals surface area contributed by atoms with Crippen molar-refractivity contribution in [2.45, 2.75) is 69.5 Å². The number of fused-ring (bicyclic) bond motifs is 1. The maximum Gasteiger partial charge on any atom is 0.416 e. The van der Waals surface area contributed by atoms with Crippen molar-refractivity contribution in [2.75, 3.05) is 44.0 Å².